The van der Waals surface area contributed by atoms with E-state index in [1.807, 2.05) is 0 Å². The molecule has 2 unspecified atom stereocenters. The number of hydrogen-bond donors (Lipinski definition) is 3. The van der Waals surface area contributed by atoms with Crippen molar-refractivity contribution in [3.8, 4) is 0 Å². The average molecular weight is 582 g/mol. The van der Waals surface area contributed by atoms with E-state index in [-0.39, 0.29) is 12.5 Å². The third-order valence-corrected chi connectivity index (χ3v) is 7.83. The Hall–Kier alpha value is -0.250. The molecule has 5 N–H and O–H groups in total. The van der Waals surface area contributed by atoms with E-state index in [1.165, 1.54) is 129 Å². The zero-order valence-electron chi connectivity index (χ0n) is 26.3. The number of quaternary nitrogens is 1. The molecular weight excluding hydrogens is 514 g/mol. The molecule has 0 heterocycles. The summed E-state index contributed by atoms with van der Waals surface area (Å²) < 4.78 is 36.3. The fraction of sp³-hybridized carbons (Fsp3) is 1.00. The maximum Gasteiger partial charge on any atom is 0.218 e. The Kier molecular flexibility index (Phi) is 29.2. The van der Waals surface area contributed by atoms with Crippen LogP contribution in [0.1, 0.15) is 175 Å². The molecule has 39 heavy (non-hydrogen) atoms. The standard InChI is InChI=1S/C17H36O5S.C14H31NO/c1-4-5-6-7-8-9-10-11-12-13-14-16(18)15-17(2,3)22-23(19,20)21;1-2-3-4-5-6-7-8-9-10-11-12-14(16)13-15/h16,18H,4-15H2,1-3H3,(H,19,20,21);14,16H,2-13,15H2,1H3. The first-order chi connectivity index (χ1) is 18.5. The number of aliphatic hydroxyl groups is 2. The van der Waals surface area contributed by atoms with E-state index in [0.29, 0.717) is 13.0 Å². The van der Waals surface area contributed by atoms with Crippen LogP contribution in [0, 0.1) is 0 Å². The van der Waals surface area contributed by atoms with Gasteiger partial charge >= 0.3 is 0 Å². The predicted molar refractivity (Wildman–Crippen MR) is 162 cm³/mol. The Labute approximate surface area is 243 Å². The monoisotopic (exact) mass is 581 g/mol. The van der Waals surface area contributed by atoms with E-state index in [2.05, 4.69) is 23.8 Å². The van der Waals surface area contributed by atoms with Crippen molar-refractivity contribution in [3.63, 3.8) is 0 Å². The van der Waals surface area contributed by atoms with Crippen molar-refractivity contribution in [1.82, 2.24) is 0 Å². The van der Waals surface area contributed by atoms with Crippen LogP contribution in [0.3, 0.4) is 0 Å². The fourth-order valence-corrected chi connectivity index (χ4v) is 5.48. The van der Waals surface area contributed by atoms with Gasteiger partial charge in [-0.15, -0.1) is 0 Å². The second-order valence-corrected chi connectivity index (χ2v) is 13.0. The molecule has 0 spiro atoms. The minimum atomic E-state index is -4.73. The summed E-state index contributed by atoms with van der Waals surface area (Å²) >= 11 is 0. The van der Waals surface area contributed by atoms with Crippen molar-refractivity contribution in [2.24, 2.45) is 0 Å². The molecular formula is C31H67NO6S. The molecule has 0 aliphatic rings. The molecule has 0 saturated heterocycles. The minimum Gasteiger partial charge on any atom is -0.726 e. The summed E-state index contributed by atoms with van der Waals surface area (Å²) in [6.07, 6.45) is 26.8. The number of rotatable bonds is 27. The van der Waals surface area contributed by atoms with Crippen LogP contribution in [-0.2, 0) is 14.6 Å². The highest BCUT2D eigenvalue weighted by molar-refractivity contribution is 7.80. The third-order valence-electron chi connectivity index (χ3n) is 7.17. The van der Waals surface area contributed by atoms with Crippen LogP contribution < -0.4 is 5.73 Å². The van der Waals surface area contributed by atoms with Gasteiger partial charge in [0.25, 0.3) is 0 Å². The third kappa shape index (κ3) is 35.7. The molecule has 0 saturated carbocycles. The first kappa shape index (κ1) is 40.9. The molecule has 8 heteroatoms. The second-order valence-electron chi connectivity index (χ2n) is 12.0. The van der Waals surface area contributed by atoms with Crippen molar-refractivity contribution in [1.29, 1.82) is 0 Å². The van der Waals surface area contributed by atoms with E-state index >= 15 is 0 Å². The summed E-state index contributed by atoms with van der Waals surface area (Å²) in [7, 11) is -4.73. The lowest BCUT2D eigenvalue weighted by Gasteiger charge is -2.28. The van der Waals surface area contributed by atoms with Crippen LogP contribution in [0.4, 0.5) is 0 Å². The van der Waals surface area contributed by atoms with Crippen molar-refractivity contribution in [2.45, 2.75) is 193 Å². The molecule has 2 atom stereocenters. The quantitative estimate of drug-likeness (QED) is 0.0533. The van der Waals surface area contributed by atoms with Gasteiger partial charge in [0.2, 0.25) is 10.4 Å². The molecule has 0 aliphatic heterocycles. The summed E-state index contributed by atoms with van der Waals surface area (Å²) in [5, 5.41) is 19.2. The van der Waals surface area contributed by atoms with Crippen LogP contribution in [0.2, 0.25) is 0 Å². The van der Waals surface area contributed by atoms with Crippen molar-refractivity contribution >= 4 is 10.4 Å². The Morgan fingerprint density at radius 1 is 0.641 bits per heavy atom. The lowest BCUT2D eigenvalue weighted by Crippen LogP contribution is -2.55. The van der Waals surface area contributed by atoms with Crippen LogP contribution in [-0.4, -0.2) is 47.5 Å². The van der Waals surface area contributed by atoms with Gasteiger partial charge in [0.15, 0.2) is 0 Å². The molecule has 0 aromatic heterocycles. The largest absolute Gasteiger partial charge is 0.726 e. The molecule has 0 rings (SSSR count). The number of unbranched alkanes of at least 4 members (excludes halogenated alkanes) is 18. The SMILES string of the molecule is CCCCCCCCCCCCC(O)CC(C)(C)OS(=O)(=O)[O-].CCCCCCCCCCCCC(O)C[NH3+]. The van der Waals surface area contributed by atoms with Gasteiger partial charge in [0.1, 0.15) is 12.6 Å². The molecule has 0 fully saturated rings. The predicted octanol–water partition coefficient (Wildman–Crippen LogP) is 7.20. The minimum absolute atomic E-state index is 0.145. The first-order valence-corrected chi connectivity index (χ1v) is 17.6. The highest BCUT2D eigenvalue weighted by Gasteiger charge is 2.25. The maximum atomic E-state index is 10.6. The fourth-order valence-electron chi connectivity index (χ4n) is 4.86. The summed E-state index contributed by atoms with van der Waals surface area (Å²) in [6, 6.07) is 0. The van der Waals surface area contributed by atoms with Crippen LogP contribution in [0.5, 0.6) is 0 Å². The molecule has 0 bridgehead atoms. The Balaban J connectivity index is 0. The highest BCUT2D eigenvalue weighted by atomic mass is 32.3. The molecule has 7 nitrogen and oxygen atoms in total. The van der Waals surface area contributed by atoms with Gasteiger partial charge in [-0.1, -0.05) is 142 Å². The highest BCUT2D eigenvalue weighted by Crippen LogP contribution is 2.22. The van der Waals surface area contributed by atoms with Gasteiger partial charge in [-0.25, -0.2) is 8.42 Å². The molecule has 0 aromatic rings. The van der Waals surface area contributed by atoms with Gasteiger partial charge < -0.3 is 20.5 Å². The lowest BCUT2D eigenvalue weighted by molar-refractivity contribution is -0.384. The molecule has 0 amide bonds. The lowest BCUT2D eigenvalue weighted by atomic mass is 9.97. The summed E-state index contributed by atoms with van der Waals surface area (Å²) in [6.45, 7) is 8.16. The topological polar surface area (TPSA) is 135 Å². The maximum absolute atomic E-state index is 10.6. The van der Waals surface area contributed by atoms with E-state index < -0.39 is 22.1 Å². The van der Waals surface area contributed by atoms with E-state index in [0.717, 1.165) is 19.3 Å². The van der Waals surface area contributed by atoms with Gasteiger partial charge in [-0.3, -0.25) is 4.18 Å². The average Bonchev–Trinajstić information content (AvgIpc) is 2.84. The zero-order chi connectivity index (χ0) is 29.8. The van der Waals surface area contributed by atoms with Gasteiger partial charge in [-0.05, 0) is 26.7 Å². The molecule has 0 radical (unpaired) electrons. The summed E-state index contributed by atoms with van der Waals surface area (Å²) in [5.41, 5.74) is 2.55. The molecule has 238 valence electrons. The van der Waals surface area contributed by atoms with E-state index in [9.17, 15) is 23.2 Å². The van der Waals surface area contributed by atoms with Gasteiger partial charge in [0, 0.05) is 6.42 Å². The van der Waals surface area contributed by atoms with Gasteiger partial charge in [0.05, 0.1) is 11.7 Å². The Morgan fingerprint density at radius 3 is 1.26 bits per heavy atom. The number of aliphatic hydroxyl groups excluding tert-OH is 2. The van der Waals surface area contributed by atoms with Crippen molar-refractivity contribution in [3.05, 3.63) is 0 Å². The molecule has 0 aromatic carbocycles. The Bertz CT molecular complexity index is 600. The Morgan fingerprint density at radius 2 is 0.949 bits per heavy atom. The first-order valence-electron chi connectivity index (χ1n) is 16.3. The smallest absolute Gasteiger partial charge is 0.218 e. The van der Waals surface area contributed by atoms with E-state index in [1.54, 1.807) is 0 Å². The van der Waals surface area contributed by atoms with Gasteiger partial charge in [-0.2, -0.15) is 0 Å². The van der Waals surface area contributed by atoms with Crippen molar-refractivity contribution < 1.29 is 33.1 Å². The van der Waals surface area contributed by atoms with Crippen LogP contribution in [0.25, 0.3) is 0 Å². The zero-order valence-corrected chi connectivity index (χ0v) is 27.1. The van der Waals surface area contributed by atoms with Crippen LogP contribution in [0.15, 0.2) is 0 Å². The second kappa shape index (κ2) is 27.9. The normalized spacial score (nSPS) is 13.6. The summed E-state index contributed by atoms with van der Waals surface area (Å²) in [5.74, 6) is 0. The van der Waals surface area contributed by atoms with Crippen LogP contribution >= 0.6 is 0 Å². The molecule has 0 aliphatic carbocycles. The van der Waals surface area contributed by atoms with E-state index in [4.69, 9.17) is 0 Å². The number of hydrogen-bond acceptors (Lipinski definition) is 6. The van der Waals surface area contributed by atoms with Crippen molar-refractivity contribution in [2.75, 3.05) is 6.54 Å². The summed E-state index contributed by atoms with van der Waals surface area (Å²) in [4.78, 5) is 0.